The third-order valence-corrected chi connectivity index (χ3v) is 4.94. The quantitative estimate of drug-likeness (QED) is 0.872. The number of nitrogens with one attached hydrogen (secondary N) is 1. The molecule has 0 aliphatic heterocycles. The molecular formula is C12H15N3O2S. The van der Waals surface area contributed by atoms with E-state index in [0.717, 1.165) is 19.3 Å². The summed E-state index contributed by atoms with van der Waals surface area (Å²) in [7, 11) is -3.64. The van der Waals surface area contributed by atoms with Crippen LogP contribution in [-0.4, -0.2) is 19.9 Å². The van der Waals surface area contributed by atoms with Crippen molar-refractivity contribution in [3.63, 3.8) is 0 Å². The summed E-state index contributed by atoms with van der Waals surface area (Å²) in [6, 6.07) is 4.72. The Balaban J connectivity index is 2.19. The minimum absolute atomic E-state index is 0.0422. The van der Waals surface area contributed by atoms with E-state index in [4.69, 9.17) is 5.26 Å². The van der Waals surface area contributed by atoms with Crippen LogP contribution in [0.2, 0.25) is 0 Å². The lowest BCUT2D eigenvalue weighted by molar-refractivity contribution is 0.475. The number of aromatic nitrogens is 1. The van der Waals surface area contributed by atoms with Crippen molar-refractivity contribution in [2.45, 2.75) is 31.1 Å². The van der Waals surface area contributed by atoms with Crippen LogP contribution in [0.1, 0.15) is 31.9 Å². The van der Waals surface area contributed by atoms with Crippen molar-refractivity contribution in [3.05, 3.63) is 24.0 Å². The second kappa shape index (κ2) is 4.67. The molecule has 0 unspecified atom stereocenters. The Morgan fingerprint density at radius 2 is 2.28 bits per heavy atom. The Hall–Kier alpha value is -1.45. The van der Waals surface area contributed by atoms with Crippen LogP contribution in [0.5, 0.6) is 0 Å². The summed E-state index contributed by atoms with van der Waals surface area (Å²) in [6.45, 7) is 2.50. The molecule has 0 spiro atoms. The second-order valence-corrected chi connectivity index (χ2v) is 6.38. The number of sulfonamides is 1. The zero-order valence-corrected chi connectivity index (χ0v) is 11.0. The molecule has 1 aliphatic rings. The van der Waals surface area contributed by atoms with E-state index in [2.05, 4.69) is 16.6 Å². The maximum Gasteiger partial charge on any atom is 0.243 e. The molecule has 2 rings (SSSR count). The SMILES string of the molecule is CCC1(CNS(=O)(=O)c2cccnc2C#N)CC1. The van der Waals surface area contributed by atoms with Crippen molar-refractivity contribution in [1.29, 1.82) is 5.26 Å². The first-order valence-electron chi connectivity index (χ1n) is 5.88. The Morgan fingerprint density at radius 3 is 2.83 bits per heavy atom. The average Bonchev–Trinajstić information content (AvgIpc) is 3.17. The standard InChI is InChI=1S/C12H15N3O2S/c1-2-12(5-6-12)9-15-18(16,17)11-4-3-7-14-10(11)8-13/h3-4,7,15H,2,5-6,9H2,1H3. The smallest absolute Gasteiger partial charge is 0.243 e. The van der Waals surface area contributed by atoms with Gasteiger partial charge in [-0.2, -0.15) is 5.26 Å². The molecule has 0 saturated heterocycles. The predicted octanol–water partition coefficient (Wildman–Crippen LogP) is 1.42. The van der Waals surface area contributed by atoms with Crippen LogP contribution in [0.25, 0.3) is 0 Å². The molecule has 5 nitrogen and oxygen atoms in total. The van der Waals surface area contributed by atoms with E-state index in [1.807, 2.05) is 0 Å². The van der Waals surface area contributed by atoms with Crippen molar-refractivity contribution in [2.24, 2.45) is 5.41 Å². The lowest BCUT2D eigenvalue weighted by Gasteiger charge is -2.13. The Kier molecular flexibility index (Phi) is 3.37. The maximum atomic E-state index is 12.1. The van der Waals surface area contributed by atoms with E-state index in [-0.39, 0.29) is 16.0 Å². The summed E-state index contributed by atoms with van der Waals surface area (Å²) in [4.78, 5) is 3.72. The molecule has 18 heavy (non-hydrogen) atoms. The van der Waals surface area contributed by atoms with Crippen LogP contribution in [0.4, 0.5) is 0 Å². The van der Waals surface area contributed by atoms with Crippen LogP contribution < -0.4 is 4.72 Å². The second-order valence-electron chi connectivity index (χ2n) is 4.64. The van der Waals surface area contributed by atoms with Crippen molar-refractivity contribution in [1.82, 2.24) is 9.71 Å². The van der Waals surface area contributed by atoms with Gasteiger partial charge in [-0.05, 0) is 36.8 Å². The topological polar surface area (TPSA) is 82.8 Å². The van der Waals surface area contributed by atoms with E-state index in [9.17, 15) is 8.42 Å². The van der Waals surface area contributed by atoms with Crippen molar-refractivity contribution in [2.75, 3.05) is 6.54 Å². The fraction of sp³-hybridized carbons (Fsp3) is 0.500. The van der Waals surface area contributed by atoms with Gasteiger partial charge in [0.1, 0.15) is 11.0 Å². The molecule has 96 valence electrons. The highest BCUT2D eigenvalue weighted by Gasteiger charge is 2.41. The highest BCUT2D eigenvalue weighted by atomic mass is 32.2. The molecule has 1 heterocycles. The zero-order chi connectivity index (χ0) is 13.2. The predicted molar refractivity (Wildman–Crippen MR) is 66.1 cm³/mol. The summed E-state index contributed by atoms with van der Waals surface area (Å²) in [5, 5.41) is 8.86. The van der Waals surface area contributed by atoms with Gasteiger partial charge >= 0.3 is 0 Å². The highest BCUT2D eigenvalue weighted by Crippen LogP contribution is 2.48. The third kappa shape index (κ3) is 2.52. The Bertz CT molecular complexity index is 586. The summed E-state index contributed by atoms with van der Waals surface area (Å²) in [5.74, 6) is 0. The van der Waals surface area contributed by atoms with Gasteiger partial charge in [-0.1, -0.05) is 6.92 Å². The van der Waals surface area contributed by atoms with E-state index in [0.29, 0.717) is 6.54 Å². The van der Waals surface area contributed by atoms with Gasteiger partial charge in [0.15, 0.2) is 5.69 Å². The van der Waals surface area contributed by atoms with Crippen LogP contribution >= 0.6 is 0 Å². The largest absolute Gasteiger partial charge is 0.244 e. The molecule has 1 aromatic rings. The van der Waals surface area contributed by atoms with Crippen LogP contribution in [-0.2, 0) is 10.0 Å². The summed E-state index contributed by atoms with van der Waals surface area (Å²) in [6.07, 6.45) is 4.49. The number of hydrogen-bond donors (Lipinski definition) is 1. The van der Waals surface area contributed by atoms with Crippen molar-refractivity contribution in [3.8, 4) is 6.07 Å². The minimum atomic E-state index is -3.64. The number of hydrogen-bond acceptors (Lipinski definition) is 4. The maximum absolute atomic E-state index is 12.1. The summed E-state index contributed by atoms with van der Waals surface area (Å²) < 4.78 is 26.8. The summed E-state index contributed by atoms with van der Waals surface area (Å²) >= 11 is 0. The average molecular weight is 265 g/mol. The molecule has 6 heteroatoms. The molecular weight excluding hydrogens is 250 g/mol. The third-order valence-electron chi connectivity index (χ3n) is 3.51. The van der Waals surface area contributed by atoms with Gasteiger partial charge < -0.3 is 0 Å². The van der Waals surface area contributed by atoms with Crippen molar-refractivity contribution >= 4 is 10.0 Å². The first-order valence-corrected chi connectivity index (χ1v) is 7.36. The molecule has 1 saturated carbocycles. The normalized spacial score (nSPS) is 17.1. The molecule has 1 N–H and O–H groups in total. The van der Waals surface area contributed by atoms with Gasteiger partial charge in [-0.15, -0.1) is 0 Å². The van der Waals surface area contributed by atoms with E-state index >= 15 is 0 Å². The van der Waals surface area contributed by atoms with Gasteiger partial charge in [0.05, 0.1) is 0 Å². The van der Waals surface area contributed by atoms with Gasteiger partial charge in [0.25, 0.3) is 0 Å². The lowest BCUT2D eigenvalue weighted by atomic mass is 10.1. The van der Waals surface area contributed by atoms with Gasteiger partial charge in [0, 0.05) is 12.7 Å². The monoisotopic (exact) mass is 265 g/mol. The fourth-order valence-corrected chi connectivity index (χ4v) is 3.11. The molecule has 1 aromatic heterocycles. The van der Waals surface area contributed by atoms with Gasteiger partial charge in [-0.3, -0.25) is 0 Å². The molecule has 0 atom stereocenters. The first-order chi connectivity index (χ1) is 8.53. The van der Waals surface area contributed by atoms with E-state index < -0.39 is 10.0 Å². The van der Waals surface area contributed by atoms with Crippen molar-refractivity contribution < 1.29 is 8.42 Å². The Morgan fingerprint density at radius 1 is 1.56 bits per heavy atom. The fourth-order valence-electron chi connectivity index (χ4n) is 1.85. The number of pyridine rings is 1. The molecule has 0 radical (unpaired) electrons. The molecule has 1 aliphatic carbocycles. The minimum Gasteiger partial charge on any atom is -0.244 e. The molecule has 1 fully saturated rings. The zero-order valence-electron chi connectivity index (χ0n) is 10.2. The summed E-state index contributed by atoms with van der Waals surface area (Å²) in [5.41, 5.74) is 0.0635. The number of nitrogens with zero attached hydrogens (tertiary/aromatic N) is 2. The van der Waals surface area contributed by atoms with Crippen LogP contribution in [0, 0.1) is 16.7 Å². The molecule has 0 aromatic carbocycles. The van der Waals surface area contributed by atoms with Crippen LogP contribution in [0.3, 0.4) is 0 Å². The van der Waals surface area contributed by atoms with Crippen LogP contribution in [0.15, 0.2) is 23.2 Å². The van der Waals surface area contributed by atoms with Gasteiger partial charge in [-0.25, -0.2) is 18.1 Å². The number of nitriles is 1. The highest BCUT2D eigenvalue weighted by molar-refractivity contribution is 7.89. The lowest BCUT2D eigenvalue weighted by Crippen LogP contribution is -2.30. The van der Waals surface area contributed by atoms with Gasteiger partial charge in [0.2, 0.25) is 10.0 Å². The Labute approximate surface area is 107 Å². The van der Waals surface area contributed by atoms with E-state index in [1.54, 1.807) is 6.07 Å². The molecule has 0 bridgehead atoms. The van der Waals surface area contributed by atoms with E-state index in [1.165, 1.54) is 18.3 Å². The molecule has 0 amide bonds. The first kappa shape index (κ1) is 13.0. The number of rotatable bonds is 5.